The maximum absolute atomic E-state index is 10.1. The molecule has 4 heteroatoms. The van der Waals surface area contributed by atoms with Crippen LogP contribution in [0.1, 0.15) is 175 Å². The Morgan fingerprint density at radius 1 is 0.265 bits per heavy atom. The second-order valence-corrected chi connectivity index (χ2v) is 9.54. The van der Waals surface area contributed by atoms with Crippen molar-refractivity contribution < 1.29 is 56.6 Å². The summed E-state index contributed by atoms with van der Waals surface area (Å²) in [6, 6.07) is 0. The Bertz CT molecular complexity index is 211. The van der Waals surface area contributed by atoms with Gasteiger partial charge in [-0.15, -0.1) is 19.8 Å². The summed E-state index contributed by atoms with van der Waals surface area (Å²) in [5.74, 6) is 0. The predicted octanol–water partition coefficient (Wildman–Crippen LogP) is 7.46. The van der Waals surface area contributed by atoms with Crippen molar-refractivity contribution >= 4 is 0 Å². The molecule has 0 saturated carbocycles. The first-order chi connectivity index (χ1) is 16.2. The Morgan fingerprint density at radius 3 is 0.559 bits per heavy atom. The third-order valence-corrected chi connectivity index (χ3v) is 5.99. The first kappa shape index (κ1) is 42.3. The zero-order chi connectivity index (χ0) is 25.1. The molecule has 0 unspecified atom stereocenters. The second kappa shape index (κ2) is 47.4. The van der Waals surface area contributed by atoms with Crippen LogP contribution in [0.5, 0.6) is 0 Å². The van der Waals surface area contributed by atoms with Crippen LogP contribution in [0.4, 0.5) is 0 Å². The average Bonchev–Trinajstić information content (AvgIpc) is 2.83. The topological polar surface area (TPSA) is 69.2 Å². The van der Waals surface area contributed by atoms with Gasteiger partial charge in [0.2, 0.25) is 0 Å². The van der Waals surface area contributed by atoms with Crippen molar-refractivity contribution in [1.29, 1.82) is 0 Å². The van der Waals surface area contributed by atoms with Gasteiger partial charge in [-0.2, -0.15) is 0 Å². The van der Waals surface area contributed by atoms with E-state index in [1.54, 1.807) is 0 Å². The molecule has 0 fully saturated rings. The molecule has 0 aromatic carbocycles. The van der Waals surface area contributed by atoms with Gasteiger partial charge in [0, 0.05) is 0 Å². The van der Waals surface area contributed by atoms with Gasteiger partial charge in [0.1, 0.15) is 0 Å². The van der Waals surface area contributed by atoms with Crippen LogP contribution in [0.15, 0.2) is 0 Å². The Labute approximate surface area is 249 Å². The van der Waals surface area contributed by atoms with E-state index >= 15 is 0 Å². The fourth-order valence-corrected chi connectivity index (χ4v) is 3.71. The Kier molecular flexibility index (Phi) is 59.1. The molecule has 204 valence electrons. The monoisotopic (exact) mass is 612 g/mol. The van der Waals surface area contributed by atoms with Gasteiger partial charge >= 0.3 is 41.3 Å². The van der Waals surface area contributed by atoms with Gasteiger partial charge in [-0.25, -0.2) is 0 Å². The first-order valence-corrected chi connectivity index (χ1v) is 15.0. The van der Waals surface area contributed by atoms with Gasteiger partial charge in [0.15, 0.2) is 0 Å². The molecule has 0 bridgehead atoms. The summed E-state index contributed by atoms with van der Waals surface area (Å²) < 4.78 is 0. The maximum Gasteiger partial charge on any atom is 3.00 e. The molecular formula is C30H63O3Pr. The Morgan fingerprint density at radius 2 is 0.412 bits per heavy atom. The summed E-state index contributed by atoms with van der Waals surface area (Å²) in [6.45, 7) is 7.06. The fourth-order valence-electron chi connectivity index (χ4n) is 3.71. The molecular weight excluding hydrogens is 549 g/mol. The number of hydrogen-bond donors (Lipinski definition) is 0. The molecule has 0 radical (unpaired) electrons. The third kappa shape index (κ3) is 54.2. The summed E-state index contributed by atoms with van der Waals surface area (Å²) in [7, 11) is 0. The SMILES string of the molecule is CCCCCCCCCC[O-].CCCCCCCCCC[O-].CCCCCCCCCC[O-].[Pr+3]. The molecule has 0 aliphatic rings. The maximum atomic E-state index is 10.1. The zero-order valence-electron chi connectivity index (χ0n) is 23.9. The second-order valence-electron chi connectivity index (χ2n) is 9.54. The molecule has 0 N–H and O–H groups in total. The summed E-state index contributed by atoms with van der Waals surface area (Å²) >= 11 is 0. The molecule has 0 rings (SSSR count). The van der Waals surface area contributed by atoms with E-state index in [1.165, 1.54) is 116 Å². The van der Waals surface area contributed by atoms with E-state index in [0.717, 1.165) is 38.5 Å². The number of rotatable bonds is 24. The minimum atomic E-state index is 0. The van der Waals surface area contributed by atoms with Crippen LogP contribution in [-0.4, -0.2) is 19.8 Å². The largest absolute Gasteiger partial charge is 3.00 e. The van der Waals surface area contributed by atoms with Crippen molar-refractivity contribution in [2.24, 2.45) is 0 Å². The van der Waals surface area contributed by atoms with Gasteiger partial charge in [-0.3, -0.25) is 0 Å². The number of unbranched alkanes of at least 4 members (excludes halogenated alkanes) is 21. The minimum Gasteiger partial charge on any atom is -0.854 e. The first-order valence-electron chi connectivity index (χ1n) is 15.0. The van der Waals surface area contributed by atoms with Crippen molar-refractivity contribution in [3.05, 3.63) is 0 Å². The van der Waals surface area contributed by atoms with E-state index in [9.17, 15) is 15.3 Å². The molecule has 0 aliphatic heterocycles. The summed E-state index contributed by atoms with van der Waals surface area (Å²) in [5.41, 5.74) is 0. The van der Waals surface area contributed by atoms with Gasteiger partial charge in [0.05, 0.1) is 0 Å². The molecule has 0 amide bonds. The third-order valence-electron chi connectivity index (χ3n) is 5.99. The van der Waals surface area contributed by atoms with E-state index in [4.69, 9.17) is 0 Å². The van der Waals surface area contributed by atoms with Gasteiger partial charge < -0.3 is 15.3 Å². The zero-order valence-corrected chi connectivity index (χ0v) is 27.6. The Hall–Kier alpha value is 1.24. The van der Waals surface area contributed by atoms with E-state index in [0.29, 0.717) is 0 Å². The van der Waals surface area contributed by atoms with Crippen LogP contribution in [-0.2, 0) is 0 Å². The van der Waals surface area contributed by atoms with Crippen molar-refractivity contribution in [2.45, 2.75) is 175 Å². The fraction of sp³-hybridized carbons (Fsp3) is 1.00. The average molecular weight is 613 g/mol. The van der Waals surface area contributed by atoms with Crippen molar-refractivity contribution in [3.63, 3.8) is 0 Å². The Balaban J connectivity index is -0.000000196. The molecule has 0 heterocycles. The van der Waals surface area contributed by atoms with Gasteiger partial charge in [-0.1, -0.05) is 175 Å². The molecule has 3 nitrogen and oxygen atoms in total. The summed E-state index contributed by atoms with van der Waals surface area (Å²) in [5, 5.41) is 30.2. The summed E-state index contributed by atoms with van der Waals surface area (Å²) in [6.07, 6.45) is 30.2. The van der Waals surface area contributed by atoms with E-state index < -0.39 is 0 Å². The minimum absolute atomic E-state index is 0. The quantitative estimate of drug-likeness (QED) is 0.106. The molecule has 0 aliphatic carbocycles. The smallest absolute Gasteiger partial charge is 0.854 e. The van der Waals surface area contributed by atoms with E-state index in [1.807, 2.05) is 0 Å². The van der Waals surface area contributed by atoms with Crippen molar-refractivity contribution in [1.82, 2.24) is 0 Å². The van der Waals surface area contributed by atoms with Crippen LogP contribution in [0.2, 0.25) is 0 Å². The van der Waals surface area contributed by atoms with Crippen molar-refractivity contribution in [2.75, 3.05) is 19.8 Å². The molecule has 34 heavy (non-hydrogen) atoms. The van der Waals surface area contributed by atoms with Gasteiger partial charge in [-0.05, 0) is 0 Å². The van der Waals surface area contributed by atoms with E-state index in [2.05, 4.69) is 20.8 Å². The van der Waals surface area contributed by atoms with Crippen LogP contribution < -0.4 is 15.3 Å². The summed E-state index contributed by atoms with van der Waals surface area (Å²) in [4.78, 5) is 0. The molecule has 0 spiro atoms. The van der Waals surface area contributed by atoms with E-state index in [-0.39, 0.29) is 61.1 Å². The van der Waals surface area contributed by atoms with Gasteiger partial charge in [0.25, 0.3) is 0 Å². The predicted molar refractivity (Wildman–Crippen MR) is 142 cm³/mol. The molecule has 0 aromatic rings. The molecule has 0 atom stereocenters. The molecule has 0 aromatic heterocycles. The van der Waals surface area contributed by atoms with Crippen LogP contribution in [0.25, 0.3) is 0 Å². The standard InChI is InChI=1S/3C10H21O.Pr/c3*1-2-3-4-5-6-7-8-9-10-11;/h3*2-10H2,1H3;/q3*-1;+3. The van der Waals surface area contributed by atoms with Crippen LogP contribution in [0.3, 0.4) is 0 Å². The number of hydrogen-bond acceptors (Lipinski definition) is 3. The molecule has 0 saturated heterocycles. The normalized spacial score (nSPS) is 10.1. The van der Waals surface area contributed by atoms with Crippen LogP contribution >= 0.6 is 0 Å². The van der Waals surface area contributed by atoms with Crippen molar-refractivity contribution in [3.8, 4) is 0 Å². The van der Waals surface area contributed by atoms with Crippen LogP contribution in [0, 0.1) is 41.3 Å².